The Balaban J connectivity index is 1.30. The highest BCUT2D eigenvalue weighted by atomic mass is 16.8. The van der Waals surface area contributed by atoms with Crippen molar-refractivity contribution in [3.63, 3.8) is 0 Å². The van der Waals surface area contributed by atoms with E-state index < -0.39 is 43.0 Å². The fourth-order valence-electron chi connectivity index (χ4n) is 6.56. The lowest BCUT2D eigenvalue weighted by Crippen LogP contribution is -2.59. The van der Waals surface area contributed by atoms with Gasteiger partial charge in [-0.1, -0.05) is 50.0 Å². The van der Waals surface area contributed by atoms with E-state index in [-0.39, 0.29) is 12.5 Å². The van der Waals surface area contributed by atoms with Gasteiger partial charge in [0, 0.05) is 12.8 Å². The first-order valence-corrected chi connectivity index (χ1v) is 13.5. The molecule has 0 aromatic rings. The van der Waals surface area contributed by atoms with E-state index in [2.05, 4.69) is 39.8 Å². The van der Waals surface area contributed by atoms with Crippen LogP contribution in [-0.4, -0.2) is 59.8 Å². The first-order chi connectivity index (χ1) is 16.7. The number of esters is 1. The Morgan fingerprint density at radius 1 is 1.14 bits per heavy atom. The van der Waals surface area contributed by atoms with Gasteiger partial charge in [-0.05, 0) is 63.2 Å². The van der Waals surface area contributed by atoms with Gasteiger partial charge in [0.1, 0.15) is 18.3 Å². The fourth-order valence-corrected chi connectivity index (χ4v) is 6.56. The van der Waals surface area contributed by atoms with Gasteiger partial charge in [-0.25, -0.2) is 0 Å². The molecule has 2 N–H and O–H groups in total. The maximum atomic E-state index is 11.4. The van der Waals surface area contributed by atoms with Crippen LogP contribution in [0.5, 0.6) is 0 Å². The molecule has 0 unspecified atom stereocenters. The summed E-state index contributed by atoms with van der Waals surface area (Å²) in [7, 11) is 0. The van der Waals surface area contributed by atoms with Crippen molar-refractivity contribution in [2.24, 2.45) is 29.6 Å². The SMILES string of the molecule is CC(=O)O[C@@H]1[C@H](O)[C@@H](O)[C@@H]2O[C@@H]([C@H](C)CCC[C@@H](C)[C@@H]3CC=C(C)[C@H]4CCC(C)=C[C@@H]34)OC[C@H]1O2. The first kappa shape index (κ1) is 26.8. The van der Waals surface area contributed by atoms with Gasteiger partial charge in [0.2, 0.25) is 0 Å². The third-order valence-corrected chi connectivity index (χ3v) is 8.73. The predicted molar refractivity (Wildman–Crippen MR) is 131 cm³/mol. The Labute approximate surface area is 209 Å². The molecule has 4 aliphatic rings. The number of carbonyl (C=O) groups is 1. The van der Waals surface area contributed by atoms with Crippen molar-refractivity contribution < 1.29 is 34.0 Å². The van der Waals surface area contributed by atoms with Gasteiger partial charge in [0.05, 0.1) is 6.61 Å². The zero-order valence-corrected chi connectivity index (χ0v) is 21.9. The highest BCUT2D eigenvalue weighted by molar-refractivity contribution is 5.66. The fraction of sp³-hybridized carbons (Fsp3) is 0.821. The Morgan fingerprint density at radius 2 is 1.89 bits per heavy atom. The van der Waals surface area contributed by atoms with Crippen LogP contribution in [0.4, 0.5) is 0 Å². The topological polar surface area (TPSA) is 94.5 Å². The van der Waals surface area contributed by atoms with Crippen LogP contribution < -0.4 is 0 Å². The van der Waals surface area contributed by atoms with E-state index in [4.69, 9.17) is 18.9 Å². The molecule has 2 heterocycles. The van der Waals surface area contributed by atoms with Crippen LogP contribution in [0.15, 0.2) is 23.3 Å². The smallest absolute Gasteiger partial charge is 0.303 e. The normalized spacial score (nSPS) is 41.1. The van der Waals surface area contributed by atoms with E-state index >= 15 is 0 Å². The minimum absolute atomic E-state index is 0.0970. The number of hydrogen-bond acceptors (Lipinski definition) is 7. The van der Waals surface area contributed by atoms with Crippen molar-refractivity contribution in [1.82, 2.24) is 0 Å². The number of fused-ring (bicyclic) bond motifs is 3. The third kappa shape index (κ3) is 6.02. The Bertz CT molecular complexity index is 807. The van der Waals surface area contributed by atoms with E-state index in [0.717, 1.165) is 19.3 Å². The molecular formula is C28H44O7. The van der Waals surface area contributed by atoms with Gasteiger partial charge in [0.25, 0.3) is 0 Å². The molecule has 2 aliphatic heterocycles. The maximum absolute atomic E-state index is 11.4. The van der Waals surface area contributed by atoms with Crippen molar-refractivity contribution in [3.8, 4) is 0 Å². The molecule has 0 radical (unpaired) electrons. The monoisotopic (exact) mass is 492 g/mol. The second-order valence-electron chi connectivity index (χ2n) is 11.4. The largest absolute Gasteiger partial charge is 0.457 e. The summed E-state index contributed by atoms with van der Waals surface area (Å²) < 4.78 is 22.9. The van der Waals surface area contributed by atoms with Gasteiger partial charge in [-0.3, -0.25) is 4.79 Å². The lowest BCUT2D eigenvalue weighted by Gasteiger charge is -2.42. The molecule has 4 rings (SSSR count). The highest BCUT2D eigenvalue weighted by Crippen LogP contribution is 2.46. The molecule has 11 atom stereocenters. The summed E-state index contributed by atoms with van der Waals surface area (Å²) in [6.07, 6.45) is 6.08. The van der Waals surface area contributed by atoms with Crippen molar-refractivity contribution >= 4 is 5.97 Å². The zero-order valence-electron chi connectivity index (χ0n) is 21.9. The number of allylic oxidation sites excluding steroid dienone is 4. The van der Waals surface area contributed by atoms with Gasteiger partial charge in [0.15, 0.2) is 18.7 Å². The van der Waals surface area contributed by atoms with E-state index in [1.807, 2.05) is 0 Å². The summed E-state index contributed by atoms with van der Waals surface area (Å²) in [5, 5.41) is 20.9. The summed E-state index contributed by atoms with van der Waals surface area (Å²) in [6, 6.07) is 0. The summed E-state index contributed by atoms with van der Waals surface area (Å²) in [4.78, 5) is 11.4. The minimum Gasteiger partial charge on any atom is -0.457 e. The molecule has 35 heavy (non-hydrogen) atoms. The summed E-state index contributed by atoms with van der Waals surface area (Å²) in [6.45, 7) is 10.5. The molecule has 2 aliphatic carbocycles. The number of rotatable bonds is 7. The van der Waals surface area contributed by atoms with Crippen LogP contribution in [0.2, 0.25) is 0 Å². The standard InChI is InChI=1S/C28H44O7/c1-15-9-11-20-17(3)10-12-21(22(20)13-15)16(2)7-6-8-18(4)27-32-14-23-26(33-19(5)29)24(30)25(31)28(34-23)35-27/h10,13,16,18,20-28,30-31H,6-9,11-12,14H2,1-5H3/t16-,18-,20-,21+,22-,23-,24-,25-,26+,27+,28+/m1/s1. The number of hydrogen-bond donors (Lipinski definition) is 2. The molecule has 0 amide bonds. The molecule has 0 aromatic heterocycles. The summed E-state index contributed by atoms with van der Waals surface area (Å²) in [5.41, 5.74) is 3.12. The second-order valence-corrected chi connectivity index (χ2v) is 11.4. The van der Waals surface area contributed by atoms with Crippen LogP contribution in [-0.2, 0) is 23.7 Å². The molecule has 7 nitrogen and oxygen atoms in total. The molecule has 7 heteroatoms. The van der Waals surface area contributed by atoms with Crippen LogP contribution in [0, 0.1) is 29.6 Å². The lowest BCUT2D eigenvalue weighted by atomic mass is 9.63. The van der Waals surface area contributed by atoms with Crippen molar-refractivity contribution in [1.29, 1.82) is 0 Å². The average Bonchev–Trinajstić information content (AvgIpc) is 3.02. The van der Waals surface area contributed by atoms with Crippen LogP contribution >= 0.6 is 0 Å². The molecule has 2 saturated heterocycles. The average molecular weight is 493 g/mol. The first-order valence-electron chi connectivity index (χ1n) is 13.5. The van der Waals surface area contributed by atoms with E-state index in [1.165, 1.54) is 26.2 Å². The molecule has 2 bridgehead atoms. The second kappa shape index (κ2) is 11.4. The van der Waals surface area contributed by atoms with Crippen LogP contribution in [0.1, 0.15) is 73.1 Å². The molecule has 0 spiro atoms. The van der Waals surface area contributed by atoms with E-state index in [9.17, 15) is 15.0 Å². The lowest BCUT2D eigenvalue weighted by molar-refractivity contribution is -0.306. The Morgan fingerprint density at radius 3 is 2.63 bits per heavy atom. The van der Waals surface area contributed by atoms with Crippen molar-refractivity contribution in [3.05, 3.63) is 23.3 Å². The summed E-state index contributed by atoms with van der Waals surface area (Å²) >= 11 is 0. The number of aliphatic hydroxyl groups excluding tert-OH is 2. The third-order valence-electron chi connectivity index (χ3n) is 8.73. The number of ether oxygens (including phenoxy) is 4. The Kier molecular flexibility index (Phi) is 8.75. The van der Waals surface area contributed by atoms with Gasteiger partial charge >= 0.3 is 5.97 Å². The number of aliphatic hydroxyl groups is 2. The van der Waals surface area contributed by atoms with Gasteiger partial charge in [-0.15, -0.1) is 0 Å². The predicted octanol–water partition coefficient (Wildman–Crippen LogP) is 4.12. The molecule has 198 valence electrons. The number of carbonyl (C=O) groups excluding carboxylic acids is 1. The van der Waals surface area contributed by atoms with E-state index in [0.29, 0.717) is 23.7 Å². The summed E-state index contributed by atoms with van der Waals surface area (Å²) in [5.74, 6) is 2.28. The van der Waals surface area contributed by atoms with Crippen LogP contribution in [0.3, 0.4) is 0 Å². The van der Waals surface area contributed by atoms with Crippen LogP contribution in [0.25, 0.3) is 0 Å². The Hall–Kier alpha value is -1.25. The van der Waals surface area contributed by atoms with Crippen molar-refractivity contribution in [2.45, 2.75) is 110 Å². The van der Waals surface area contributed by atoms with Crippen molar-refractivity contribution in [2.75, 3.05) is 6.61 Å². The minimum atomic E-state index is -1.31. The zero-order chi connectivity index (χ0) is 25.3. The maximum Gasteiger partial charge on any atom is 0.303 e. The highest BCUT2D eigenvalue weighted by Gasteiger charge is 2.50. The van der Waals surface area contributed by atoms with Gasteiger partial charge in [-0.2, -0.15) is 0 Å². The molecule has 0 saturated carbocycles. The molecule has 0 aromatic carbocycles. The van der Waals surface area contributed by atoms with Gasteiger partial charge < -0.3 is 29.2 Å². The molecular weight excluding hydrogens is 448 g/mol. The van der Waals surface area contributed by atoms with E-state index in [1.54, 1.807) is 11.1 Å². The molecule has 2 fully saturated rings. The quantitative estimate of drug-likeness (QED) is 0.408.